The van der Waals surface area contributed by atoms with Gasteiger partial charge in [0.2, 0.25) is 5.11 Å². The zero-order valence-electron chi connectivity index (χ0n) is 12.3. The molecule has 2 aliphatic rings. The SMILES string of the molecule is O=C1C(N=NC(=S)Nc2ccccc2)=C(O)C2CC(O)CCC12. The van der Waals surface area contributed by atoms with Crippen LogP contribution in [0.25, 0.3) is 0 Å². The molecule has 1 aromatic carbocycles. The van der Waals surface area contributed by atoms with Crippen LogP contribution in [0.2, 0.25) is 0 Å². The largest absolute Gasteiger partial charge is 0.510 e. The lowest BCUT2D eigenvalue weighted by molar-refractivity contribution is -0.120. The van der Waals surface area contributed by atoms with Crippen molar-refractivity contribution in [1.29, 1.82) is 0 Å². The molecule has 0 radical (unpaired) electrons. The summed E-state index contributed by atoms with van der Waals surface area (Å²) in [5.74, 6) is -0.950. The van der Waals surface area contributed by atoms with Crippen molar-refractivity contribution in [3.63, 3.8) is 0 Å². The minimum absolute atomic E-state index is 0.0358. The summed E-state index contributed by atoms with van der Waals surface area (Å²) in [7, 11) is 0. The van der Waals surface area contributed by atoms with E-state index in [1.54, 1.807) is 0 Å². The number of Topliss-reactive ketones (excluding diaryl/α,β-unsaturated/α-hetero) is 1. The summed E-state index contributed by atoms with van der Waals surface area (Å²) >= 11 is 5.07. The first-order valence-electron chi connectivity index (χ1n) is 7.49. The lowest BCUT2D eigenvalue weighted by Gasteiger charge is -2.27. The van der Waals surface area contributed by atoms with E-state index in [0.29, 0.717) is 19.3 Å². The highest BCUT2D eigenvalue weighted by Gasteiger charge is 2.45. The maximum atomic E-state index is 12.3. The first-order valence-corrected chi connectivity index (χ1v) is 7.90. The summed E-state index contributed by atoms with van der Waals surface area (Å²) in [6.45, 7) is 0. The number of thiocarbonyl (C=S) groups is 1. The van der Waals surface area contributed by atoms with Gasteiger partial charge in [0.25, 0.3) is 0 Å². The van der Waals surface area contributed by atoms with Crippen molar-refractivity contribution in [2.45, 2.75) is 25.4 Å². The molecule has 0 amide bonds. The quantitative estimate of drug-likeness (QED) is 0.572. The Kier molecular flexibility index (Phi) is 4.49. The van der Waals surface area contributed by atoms with Crippen LogP contribution >= 0.6 is 12.2 Å². The van der Waals surface area contributed by atoms with E-state index in [1.165, 1.54) is 0 Å². The lowest BCUT2D eigenvalue weighted by Crippen LogP contribution is -2.29. The Morgan fingerprint density at radius 3 is 2.70 bits per heavy atom. The lowest BCUT2D eigenvalue weighted by atomic mass is 9.79. The van der Waals surface area contributed by atoms with Crippen LogP contribution in [-0.2, 0) is 4.79 Å². The molecule has 3 atom stereocenters. The van der Waals surface area contributed by atoms with Gasteiger partial charge in [-0.15, -0.1) is 10.2 Å². The zero-order chi connectivity index (χ0) is 16.4. The Bertz CT molecular complexity index is 687. The predicted molar refractivity (Wildman–Crippen MR) is 89.0 cm³/mol. The maximum absolute atomic E-state index is 12.3. The van der Waals surface area contributed by atoms with Gasteiger partial charge in [0, 0.05) is 17.5 Å². The van der Waals surface area contributed by atoms with Crippen molar-refractivity contribution in [3.8, 4) is 0 Å². The second-order valence-electron chi connectivity index (χ2n) is 5.77. The fourth-order valence-corrected chi connectivity index (χ4v) is 3.27. The fraction of sp³-hybridized carbons (Fsp3) is 0.375. The van der Waals surface area contributed by atoms with Crippen LogP contribution in [0.1, 0.15) is 19.3 Å². The number of aliphatic hydroxyl groups excluding tert-OH is 2. The molecule has 7 heteroatoms. The summed E-state index contributed by atoms with van der Waals surface area (Å²) in [6, 6.07) is 9.25. The Morgan fingerprint density at radius 1 is 1.22 bits per heavy atom. The highest BCUT2D eigenvalue weighted by molar-refractivity contribution is 7.80. The van der Waals surface area contributed by atoms with Gasteiger partial charge in [-0.25, -0.2) is 0 Å². The number of carbonyl (C=O) groups excluding carboxylic acids is 1. The number of para-hydroxylation sites is 1. The number of carbonyl (C=O) groups is 1. The van der Waals surface area contributed by atoms with E-state index < -0.39 is 6.10 Å². The Morgan fingerprint density at radius 2 is 1.96 bits per heavy atom. The molecule has 120 valence electrons. The molecule has 0 spiro atoms. The second kappa shape index (κ2) is 6.55. The number of hydrogen-bond acceptors (Lipinski definition) is 5. The third-order valence-corrected chi connectivity index (χ3v) is 4.44. The number of aliphatic hydroxyl groups is 2. The molecule has 23 heavy (non-hydrogen) atoms. The van der Waals surface area contributed by atoms with Crippen molar-refractivity contribution in [3.05, 3.63) is 41.8 Å². The van der Waals surface area contributed by atoms with Crippen molar-refractivity contribution in [2.24, 2.45) is 22.1 Å². The number of nitrogens with one attached hydrogen (secondary N) is 1. The molecule has 2 aliphatic carbocycles. The molecule has 0 aliphatic heterocycles. The topological polar surface area (TPSA) is 94.3 Å². The van der Waals surface area contributed by atoms with E-state index in [0.717, 1.165) is 5.69 Å². The average molecular weight is 331 g/mol. The molecular weight excluding hydrogens is 314 g/mol. The normalized spacial score (nSPS) is 27.3. The van der Waals surface area contributed by atoms with Crippen LogP contribution in [0.4, 0.5) is 5.69 Å². The minimum Gasteiger partial charge on any atom is -0.510 e. The molecular formula is C16H17N3O3S. The maximum Gasteiger partial charge on any atom is 0.218 e. The molecule has 0 aromatic heterocycles. The number of nitrogens with zero attached hydrogens (tertiary/aromatic N) is 2. The van der Waals surface area contributed by atoms with Gasteiger partial charge >= 0.3 is 0 Å². The van der Waals surface area contributed by atoms with Gasteiger partial charge in [-0.2, -0.15) is 0 Å². The van der Waals surface area contributed by atoms with Crippen LogP contribution in [0, 0.1) is 11.8 Å². The highest BCUT2D eigenvalue weighted by atomic mass is 32.1. The van der Waals surface area contributed by atoms with Crippen LogP contribution in [0.5, 0.6) is 0 Å². The predicted octanol–water partition coefficient (Wildman–Crippen LogP) is 2.97. The van der Waals surface area contributed by atoms with Crippen molar-refractivity contribution in [1.82, 2.24) is 0 Å². The number of benzene rings is 1. The smallest absolute Gasteiger partial charge is 0.218 e. The molecule has 3 N–H and O–H groups in total. The number of anilines is 1. The Hall–Kier alpha value is -2.12. The molecule has 1 fully saturated rings. The van der Waals surface area contributed by atoms with Crippen LogP contribution in [-0.4, -0.2) is 27.2 Å². The van der Waals surface area contributed by atoms with E-state index in [1.807, 2.05) is 30.3 Å². The van der Waals surface area contributed by atoms with E-state index in [9.17, 15) is 15.0 Å². The van der Waals surface area contributed by atoms with E-state index in [4.69, 9.17) is 12.2 Å². The van der Waals surface area contributed by atoms with Gasteiger partial charge in [0.05, 0.1) is 6.10 Å². The van der Waals surface area contributed by atoms with E-state index in [2.05, 4.69) is 15.5 Å². The molecule has 6 nitrogen and oxygen atoms in total. The van der Waals surface area contributed by atoms with Crippen molar-refractivity contribution >= 4 is 28.8 Å². The summed E-state index contributed by atoms with van der Waals surface area (Å²) in [4.78, 5) is 12.3. The molecule has 1 aromatic rings. The number of rotatable bonds is 2. The highest BCUT2D eigenvalue weighted by Crippen LogP contribution is 2.43. The number of allylic oxidation sites excluding steroid dienone is 2. The van der Waals surface area contributed by atoms with Crippen LogP contribution < -0.4 is 5.32 Å². The van der Waals surface area contributed by atoms with Gasteiger partial charge < -0.3 is 15.5 Å². The molecule has 0 bridgehead atoms. The van der Waals surface area contributed by atoms with Gasteiger partial charge in [-0.1, -0.05) is 18.2 Å². The average Bonchev–Trinajstić information content (AvgIpc) is 2.77. The third kappa shape index (κ3) is 3.30. The summed E-state index contributed by atoms with van der Waals surface area (Å²) in [5.41, 5.74) is 0.732. The number of fused-ring (bicyclic) bond motifs is 1. The van der Waals surface area contributed by atoms with Crippen LogP contribution in [0.3, 0.4) is 0 Å². The van der Waals surface area contributed by atoms with Gasteiger partial charge in [0.15, 0.2) is 11.5 Å². The summed E-state index contributed by atoms with van der Waals surface area (Å²) in [6.07, 6.45) is 1.02. The van der Waals surface area contributed by atoms with Crippen molar-refractivity contribution in [2.75, 3.05) is 5.32 Å². The van der Waals surface area contributed by atoms with Gasteiger partial charge in [0.1, 0.15) is 5.76 Å². The Balaban J connectivity index is 1.71. The van der Waals surface area contributed by atoms with Crippen molar-refractivity contribution < 1.29 is 15.0 Å². The summed E-state index contributed by atoms with van der Waals surface area (Å²) < 4.78 is 0. The van der Waals surface area contributed by atoms with Gasteiger partial charge in [-0.3, -0.25) is 4.79 Å². The fourth-order valence-electron chi connectivity index (χ4n) is 3.11. The zero-order valence-corrected chi connectivity index (χ0v) is 13.2. The van der Waals surface area contributed by atoms with Gasteiger partial charge in [-0.05, 0) is 43.6 Å². The first-order chi connectivity index (χ1) is 11.1. The second-order valence-corrected chi connectivity index (χ2v) is 6.16. The number of azo groups is 1. The molecule has 0 heterocycles. The molecule has 0 saturated heterocycles. The summed E-state index contributed by atoms with van der Waals surface area (Å²) in [5, 5.41) is 30.6. The van der Waals surface area contributed by atoms with E-state index in [-0.39, 0.29) is 34.2 Å². The first kappa shape index (κ1) is 15.8. The monoisotopic (exact) mass is 331 g/mol. The number of ketones is 1. The van der Waals surface area contributed by atoms with Crippen LogP contribution in [0.15, 0.2) is 52.0 Å². The minimum atomic E-state index is -0.483. The van der Waals surface area contributed by atoms with E-state index >= 15 is 0 Å². The molecule has 1 saturated carbocycles. The third-order valence-electron chi connectivity index (χ3n) is 4.25. The standard InChI is InChI=1S/C16H17N3O3S/c20-10-6-7-11-12(8-10)15(22)13(14(11)21)18-19-16(23)17-9-4-2-1-3-5-9/h1-5,10-12,20,22H,6-8H2,(H,17,23). The molecule has 3 rings (SSSR count). The Labute approximate surface area is 138 Å². The molecule has 3 unspecified atom stereocenters. The number of hydrogen-bond donors (Lipinski definition) is 3.